The molecule has 0 radical (unpaired) electrons. The first kappa shape index (κ1) is 14.0. The zero-order valence-electron chi connectivity index (χ0n) is 10.6. The van der Waals surface area contributed by atoms with Crippen LogP contribution in [0.25, 0.3) is 0 Å². The van der Waals surface area contributed by atoms with Crippen LogP contribution in [0.2, 0.25) is 0 Å². The summed E-state index contributed by atoms with van der Waals surface area (Å²) in [4.78, 5) is 0. The number of hydrogen-bond donors (Lipinski definition) is 1. The molecule has 1 heteroatoms. The van der Waals surface area contributed by atoms with Gasteiger partial charge in [-0.3, -0.25) is 0 Å². The second kappa shape index (κ2) is 9.51. The number of rotatable bonds is 9. The summed E-state index contributed by atoms with van der Waals surface area (Å²) in [6.07, 6.45) is 8.32. The van der Waals surface area contributed by atoms with Gasteiger partial charge in [-0.25, -0.2) is 0 Å². The fourth-order valence-corrected chi connectivity index (χ4v) is 1.91. The summed E-state index contributed by atoms with van der Waals surface area (Å²) >= 11 is 0. The molecule has 0 rings (SSSR count). The summed E-state index contributed by atoms with van der Waals surface area (Å²) < 4.78 is 0. The normalized spacial score (nSPS) is 13.5. The van der Waals surface area contributed by atoms with Crippen LogP contribution in [0, 0.1) is 5.92 Å². The van der Waals surface area contributed by atoms with Crippen LogP contribution >= 0.6 is 0 Å². The summed E-state index contributed by atoms with van der Waals surface area (Å²) in [6.45, 7) is 10.2. The minimum atomic E-state index is 0.646. The highest BCUT2D eigenvalue weighted by Gasteiger charge is 2.03. The van der Waals surface area contributed by atoms with E-state index in [1.54, 1.807) is 0 Å². The van der Waals surface area contributed by atoms with Crippen molar-refractivity contribution in [2.75, 3.05) is 6.54 Å². The van der Waals surface area contributed by atoms with Crippen LogP contribution in [-0.2, 0) is 0 Å². The molecule has 86 valence electrons. The second-order valence-electron chi connectivity index (χ2n) is 4.67. The molecule has 1 N–H and O–H groups in total. The van der Waals surface area contributed by atoms with E-state index in [0.717, 1.165) is 5.92 Å². The van der Waals surface area contributed by atoms with Crippen LogP contribution < -0.4 is 5.32 Å². The average molecular weight is 199 g/mol. The van der Waals surface area contributed by atoms with Gasteiger partial charge in [0.25, 0.3) is 0 Å². The average Bonchev–Trinajstić information content (AvgIpc) is 2.15. The zero-order chi connectivity index (χ0) is 10.8. The van der Waals surface area contributed by atoms with Gasteiger partial charge >= 0.3 is 0 Å². The summed E-state index contributed by atoms with van der Waals surface area (Å²) in [6, 6.07) is 0.646. The van der Waals surface area contributed by atoms with Crippen molar-refractivity contribution in [3.05, 3.63) is 0 Å². The fourth-order valence-electron chi connectivity index (χ4n) is 1.91. The van der Waals surface area contributed by atoms with Crippen LogP contribution in [0.4, 0.5) is 0 Å². The lowest BCUT2D eigenvalue weighted by atomic mass is 9.94. The Morgan fingerprint density at radius 1 is 1.00 bits per heavy atom. The fraction of sp³-hybridized carbons (Fsp3) is 1.00. The first-order chi connectivity index (χ1) is 6.70. The summed E-state index contributed by atoms with van der Waals surface area (Å²) in [7, 11) is 0. The molecule has 0 aromatic rings. The maximum absolute atomic E-state index is 3.47. The van der Waals surface area contributed by atoms with Gasteiger partial charge in [0, 0.05) is 6.04 Å². The number of hydrogen-bond acceptors (Lipinski definition) is 1. The van der Waals surface area contributed by atoms with E-state index in [2.05, 4.69) is 33.0 Å². The molecule has 0 aliphatic carbocycles. The van der Waals surface area contributed by atoms with Crippen LogP contribution in [0.15, 0.2) is 0 Å². The molecule has 0 fully saturated rings. The summed E-state index contributed by atoms with van der Waals surface area (Å²) in [5.74, 6) is 0.985. The Balaban J connectivity index is 3.24. The molecule has 0 spiro atoms. The van der Waals surface area contributed by atoms with Crippen molar-refractivity contribution in [2.45, 2.75) is 72.3 Å². The Kier molecular flexibility index (Phi) is 9.49. The predicted molar refractivity (Wildman–Crippen MR) is 65.7 cm³/mol. The van der Waals surface area contributed by atoms with E-state index in [0.29, 0.717) is 6.04 Å². The van der Waals surface area contributed by atoms with Crippen molar-refractivity contribution < 1.29 is 0 Å². The predicted octanol–water partition coefficient (Wildman–Crippen LogP) is 3.98. The minimum Gasteiger partial charge on any atom is -0.315 e. The molecule has 0 saturated heterocycles. The van der Waals surface area contributed by atoms with Gasteiger partial charge in [0.05, 0.1) is 0 Å². The topological polar surface area (TPSA) is 12.0 Å². The number of unbranched alkanes of at least 4 members (excludes halogenated alkanes) is 1. The Morgan fingerprint density at radius 3 is 2.21 bits per heavy atom. The molecule has 0 aromatic carbocycles. The van der Waals surface area contributed by atoms with Crippen LogP contribution in [-0.4, -0.2) is 12.6 Å². The highest BCUT2D eigenvalue weighted by atomic mass is 14.9. The molecule has 1 unspecified atom stereocenters. The van der Waals surface area contributed by atoms with Crippen molar-refractivity contribution in [3.8, 4) is 0 Å². The Labute approximate surface area is 90.7 Å². The van der Waals surface area contributed by atoms with Crippen LogP contribution in [0.1, 0.15) is 66.2 Å². The molecule has 0 aliphatic rings. The summed E-state index contributed by atoms with van der Waals surface area (Å²) in [5, 5.41) is 3.47. The van der Waals surface area contributed by atoms with Gasteiger partial charge in [-0.2, -0.15) is 0 Å². The summed E-state index contributed by atoms with van der Waals surface area (Å²) in [5.41, 5.74) is 0. The molecule has 0 aliphatic heterocycles. The van der Waals surface area contributed by atoms with Gasteiger partial charge in [0.2, 0.25) is 0 Å². The molecule has 1 atom stereocenters. The van der Waals surface area contributed by atoms with E-state index < -0.39 is 0 Å². The zero-order valence-corrected chi connectivity index (χ0v) is 10.6. The van der Waals surface area contributed by atoms with E-state index in [4.69, 9.17) is 0 Å². The second-order valence-corrected chi connectivity index (χ2v) is 4.67. The number of nitrogens with one attached hydrogen (secondary N) is 1. The third-order valence-corrected chi connectivity index (χ3v) is 2.87. The Hall–Kier alpha value is -0.0400. The molecule has 0 amide bonds. The van der Waals surface area contributed by atoms with E-state index in [9.17, 15) is 0 Å². The lowest BCUT2D eigenvalue weighted by molar-refractivity contribution is 0.408. The van der Waals surface area contributed by atoms with Gasteiger partial charge in [-0.15, -0.1) is 0 Å². The maximum Gasteiger partial charge on any atom is 0.00103 e. The Morgan fingerprint density at radius 2 is 1.71 bits per heavy atom. The van der Waals surface area contributed by atoms with E-state index in [1.807, 2.05) is 0 Å². The van der Waals surface area contributed by atoms with E-state index in [1.165, 1.54) is 45.1 Å². The molecule has 0 bridgehead atoms. The molecular weight excluding hydrogens is 170 g/mol. The van der Waals surface area contributed by atoms with Gasteiger partial charge in [-0.05, 0) is 18.9 Å². The molecule has 0 aromatic heterocycles. The first-order valence-electron chi connectivity index (χ1n) is 6.44. The first-order valence-corrected chi connectivity index (χ1v) is 6.44. The third kappa shape index (κ3) is 8.55. The lowest BCUT2D eigenvalue weighted by Crippen LogP contribution is -2.23. The third-order valence-electron chi connectivity index (χ3n) is 2.87. The molecule has 0 saturated carbocycles. The van der Waals surface area contributed by atoms with Gasteiger partial charge < -0.3 is 5.32 Å². The largest absolute Gasteiger partial charge is 0.315 e. The minimum absolute atomic E-state index is 0.646. The van der Waals surface area contributed by atoms with Crippen molar-refractivity contribution in [3.63, 3.8) is 0 Å². The molecule has 1 nitrogen and oxygen atoms in total. The van der Waals surface area contributed by atoms with Crippen molar-refractivity contribution in [1.29, 1.82) is 0 Å². The van der Waals surface area contributed by atoms with Crippen molar-refractivity contribution in [1.82, 2.24) is 5.32 Å². The van der Waals surface area contributed by atoms with E-state index >= 15 is 0 Å². The highest BCUT2D eigenvalue weighted by molar-refractivity contribution is 4.58. The Bertz CT molecular complexity index is 110. The molecular formula is C13H29N. The maximum atomic E-state index is 3.47. The molecule has 14 heavy (non-hydrogen) atoms. The highest BCUT2D eigenvalue weighted by Crippen LogP contribution is 2.17. The smallest absolute Gasteiger partial charge is 0.00103 e. The quantitative estimate of drug-likeness (QED) is 0.554. The van der Waals surface area contributed by atoms with Gasteiger partial charge in [-0.1, -0.05) is 59.8 Å². The van der Waals surface area contributed by atoms with Crippen molar-refractivity contribution >= 4 is 0 Å². The monoisotopic (exact) mass is 199 g/mol. The molecule has 0 heterocycles. The van der Waals surface area contributed by atoms with Crippen LogP contribution in [0.5, 0.6) is 0 Å². The van der Waals surface area contributed by atoms with E-state index in [-0.39, 0.29) is 0 Å². The lowest BCUT2D eigenvalue weighted by Gasteiger charge is -2.13. The van der Waals surface area contributed by atoms with Gasteiger partial charge in [0.15, 0.2) is 0 Å². The van der Waals surface area contributed by atoms with Crippen LogP contribution in [0.3, 0.4) is 0 Å². The standard InChI is InChI=1S/C13H29N/c1-5-9-13(6-2)10-7-8-11-14-12(3)4/h12-14H,5-11H2,1-4H3. The van der Waals surface area contributed by atoms with Gasteiger partial charge in [0.1, 0.15) is 0 Å². The SMILES string of the molecule is CCCC(CC)CCCCNC(C)C. The van der Waals surface area contributed by atoms with Crippen molar-refractivity contribution in [2.24, 2.45) is 5.92 Å².